The molecule has 0 atom stereocenters. The molecule has 4 aromatic rings. The molecule has 1 aliphatic rings. The number of aromatic nitrogens is 1. The number of anilines is 2. The first-order valence-electron chi connectivity index (χ1n) is 13.9. The number of nitrogens with zero attached hydrogens (tertiary/aromatic N) is 1. The standard InChI is InChI=1S/C32H29F2N3O7.Na.H/c1-42-27-17-22-24(18-28(27)43-15-3-2-4-29(38)39)35-14-11-25(22)44-26-10-9-21(16-23(26)34)37-31(41)32(12-13-32)30(40)36-20-7-5-19(33)6-8-20;;/h5-11,14,16-18H,2-4,12-13,15H2,1H3,(H,36,40)(H,37,41)(H,38,39);;. The fourth-order valence-electron chi connectivity index (χ4n) is 4.55. The quantitative estimate of drug-likeness (QED) is 0.0980. The number of rotatable bonds is 13. The second kappa shape index (κ2) is 14.7. The number of halogens is 2. The topological polar surface area (TPSA) is 136 Å². The molecule has 45 heavy (non-hydrogen) atoms. The summed E-state index contributed by atoms with van der Waals surface area (Å²) in [5.41, 5.74) is -0.286. The Balaban J connectivity index is 0.00000461. The molecule has 5 rings (SSSR count). The molecule has 13 heteroatoms. The Labute approximate surface area is 279 Å². The molecular formula is C32H30F2N3NaO7. The molecule has 1 aliphatic carbocycles. The summed E-state index contributed by atoms with van der Waals surface area (Å²) in [5, 5.41) is 14.5. The minimum atomic E-state index is -1.30. The van der Waals surface area contributed by atoms with Crippen LogP contribution in [-0.4, -0.2) is 71.1 Å². The van der Waals surface area contributed by atoms with Gasteiger partial charge in [-0.15, -0.1) is 0 Å². The number of unbranched alkanes of at least 4 members (excludes halogenated alkanes) is 1. The van der Waals surface area contributed by atoms with Crippen LogP contribution in [0.5, 0.6) is 23.0 Å². The number of benzene rings is 3. The van der Waals surface area contributed by atoms with E-state index in [1.807, 2.05) is 0 Å². The molecule has 0 aliphatic heterocycles. The minimum absolute atomic E-state index is 0. The number of amides is 2. The number of hydrogen-bond acceptors (Lipinski definition) is 7. The number of fused-ring (bicyclic) bond motifs is 1. The molecular weight excluding hydrogens is 599 g/mol. The van der Waals surface area contributed by atoms with Crippen molar-refractivity contribution in [2.24, 2.45) is 5.41 Å². The number of hydrogen-bond donors (Lipinski definition) is 3. The number of carbonyl (C=O) groups excluding carboxylic acids is 2. The van der Waals surface area contributed by atoms with Crippen molar-refractivity contribution < 1.29 is 42.5 Å². The molecule has 0 spiro atoms. The molecule has 3 N–H and O–H groups in total. The number of carboxylic acid groups (broad SMARTS) is 1. The monoisotopic (exact) mass is 629 g/mol. The zero-order valence-corrected chi connectivity index (χ0v) is 23.7. The van der Waals surface area contributed by atoms with Gasteiger partial charge in [0.25, 0.3) is 0 Å². The Morgan fingerprint density at radius 1 is 0.867 bits per heavy atom. The number of ether oxygens (including phenoxy) is 3. The van der Waals surface area contributed by atoms with Crippen molar-refractivity contribution >= 4 is 69.6 Å². The summed E-state index contributed by atoms with van der Waals surface area (Å²) in [6.45, 7) is 0.291. The molecule has 0 bridgehead atoms. The van der Waals surface area contributed by atoms with Crippen LogP contribution in [0, 0.1) is 17.0 Å². The maximum atomic E-state index is 15.2. The van der Waals surface area contributed by atoms with Crippen molar-refractivity contribution in [3.8, 4) is 23.0 Å². The molecule has 0 saturated heterocycles. The van der Waals surface area contributed by atoms with E-state index in [4.69, 9.17) is 19.3 Å². The fourth-order valence-corrected chi connectivity index (χ4v) is 4.55. The van der Waals surface area contributed by atoms with Crippen molar-refractivity contribution in [1.82, 2.24) is 4.98 Å². The van der Waals surface area contributed by atoms with Crippen LogP contribution in [0.1, 0.15) is 32.1 Å². The van der Waals surface area contributed by atoms with E-state index in [1.165, 1.54) is 49.7 Å². The van der Waals surface area contributed by atoms with Gasteiger partial charge >= 0.3 is 35.5 Å². The Morgan fingerprint density at radius 3 is 2.20 bits per heavy atom. The second-order valence-electron chi connectivity index (χ2n) is 10.3. The van der Waals surface area contributed by atoms with Crippen LogP contribution in [0.3, 0.4) is 0 Å². The van der Waals surface area contributed by atoms with Crippen molar-refractivity contribution in [2.75, 3.05) is 24.4 Å². The predicted molar refractivity (Wildman–Crippen MR) is 164 cm³/mol. The van der Waals surface area contributed by atoms with Gasteiger partial charge < -0.3 is 30.0 Å². The first-order chi connectivity index (χ1) is 21.2. The number of nitrogens with one attached hydrogen (secondary N) is 2. The van der Waals surface area contributed by atoms with E-state index in [1.54, 1.807) is 18.2 Å². The first kappa shape index (κ1) is 33.6. The molecule has 0 unspecified atom stereocenters. The van der Waals surface area contributed by atoms with Gasteiger partial charge in [0.2, 0.25) is 11.8 Å². The Morgan fingerprint density at radius 2 is 1.56 bits per heavy atom. The van der Waals surface area contributed by atoms with Crippen molar-refractivity contribution in [2.45, 2.75) is 32.1 Å². The Kier molecular flexibility index (Phi) is 11.0. The predicted octanol–water partition coefficient (Wildman–Crippen LogP) is 5.66. The van der Waals surface area contributed by atoms with Gasteiger partial charge in [-0.3, -0.25) is 19.4 Å². The van der Waals surface area contributed by atoms with Gasteiger partial charge in [0.15, 0.2) is 23.1 Å². The third kappa shape index (κ3) is 8.07. The van der Waals surface area contributed by atoms with Crippen LogP contribution in [0.2, 0.25) is 0 Å². The maximum absolute atomic E-state index is 15.2. The SMILES string of the molecule is COc1cc2c(Oc3ccc(NC(=O)C4(C(=O)Nc5ccc(F)cc5)CC4)cc3F)ccnc2cc1OCCCCC(=O)O.[NaH]. The van der Waals surface area contributed by atoms with E-state index in [9.17, 15) is 18.8 Å². The molecule has 2 amide bonds. The summed E-state index contributed by atoms with van der Waals surface area (Å²) in [5.74, 6) is -2.15. The van der Waals surface area contributed by atoms with Gasteiger partial charge in [-0.25, -0.2) is 8.78 Å². The molecule has 1 fully saturated rings. The fraction of sp³-hybridized carbons (Fsp3) is 0.250. The Hall–Kier alpha value is -4.26. The molecule has 1 heterocycles. The molecule has 1 aromatic heterocycles. The van der Waals surface area contributed by atoms with Crippen LogP contribution >= 0.6 is 0 Å². The Bertz CT molecular complexity index is 1720. The zero-order valence-electron chi connectivity index (χ0n) is 23.7. The normalized spacial score (nSPS) is 12.9. The molecule has 1 saturated carbocycles. The molecule has 3 aromatic carbocycles. The summed E-state index contributed by atoms with van der Waals surface area (Å²) in [4.78, 5) is 40.8. The van der Waals surface area contributed by atoms with Gasteiger partial charge in [0.05, 0.1) is 19.2 Å². The second-order valence-corrected chi connectivity index (χ2v) is 10.3. The average Bonchev–Trinajstić information content (AvgIpc) is 3.82. The van der Waals surface area contributed by atoms with Crippen molar-refractivity contribution in [1.29, 1.82) is 0 Å². The van der Waals surface area contributed by atoms with Gasteiger partial charge in [-0.2, -0.15) is 0 Å². The summed E-state index contributed by atoms with van der Waals surface area (Å²) in [6.07, 6.45) is 3.23. The van der Waals surface area contributed by atoms with E-state index in [0.717, 1.165) is 6.07 Å². The zero-order chi connectivity index (χ0) is 31.3. The molecule has 0 radical (unpaired) electrons. The van der Waals surface area contributed by atoms with Crippen LogP contribution in [0.4, 0.5) is 20.2 Å². The van der Waals surface area contributed by atoms with Gasteiger partial charge in [-0.05, 0) is 74.2 Å². The van der Waals surface area contributed by atoms with Crippen LogP contribution < -0.4 is 24.8 Å². The third-order valence-electron chi connectivity index (χ3n) is 7.16. The van der Waals surface area contributed by atoms with Crippen LogP contribution in [0.25, 0.3) is 10.9 Å². The van der Waals surface area contributed by atoms with Crippen molar-refractivity contribution in [3.05, 3.63) is 78.5 Å². The number of methoxy groups -OCH3 is 1. The van der Waals surface area contributed by atoms with E-state index >= 15 is 4.39 Å². The number of aliphatic carboxylic acids is 1. The van der Waals surface area contributed by atoms with Gasteiger partial charge in [0.1, 0.15) is 17.0 Å². The van der Waals surface area contributed by atoms with E-state index in [-0.39, 0.29) is 47.4 Å². The van der Waals surface area contributed by atoms with Gasteiger partial charge in [0, 0.05) is 41.5 Å². The number of pyridine rings is 1. The summed E-state index contributed by atoms with van der Waals surface area (Å²) in [6, 6.07) is 14.0. The van der Waals surface area contributed by atoms with Crippen LogP contribution in [-0.2, 0) is 14.4 Å². The molecule has 10 nitrogen and oxygen atoms in total. The van der Waals surface area contributed by atoms with E-state index < -0.39 is 34.8 Å². The summed E-state index contributed by atoms with van der Waals surface area (Å²) < 4.78 is 45.4. The average molecular weight is 630 g/mol. The van der Waals surface area contributed by atoms with Gasteiger partial charge in [-0.1, -0.05) is 0 Å². The van der Waals surface area contributed by atoms with Crippen molar-refractivity contribution in [3.63, 3.8) is 0 Å². The van der Waals surface area contributed by atoms with Crippen LogP contribution in [0.15, 0.2) is 66.9 Å². The molecule has 230 valence electrons. The third-order valence-corrected chi connectivity index (χ3v) is 7.16. The first-order valence-corrected chi connectivity index (χ1v) is 13.9. The van der Waals surface area contributed by atoms with E-state index in [0.29, 0.717) is 66.1 Å². The summed E-state index contributed by atoms with van der Waals surface area (Å²) in [7, 11) is 1.47. The number of carbonyl (C=O) groups is 3. The van der Waals surface area contributed by atoms with E-state index in [2.05, 4.69) is 15.6 Å². The number of carboxylic acids is 1. The summed E-state index contributed by atoms with van der Waals surface area (Å²) >= 11 is 0.